The van der Waals surface area contributed by atoms with Crippen LogP contribution in [0.1, 0.15) is 13.3 Å². The molecular weight excluding hydrogens is 335 g/mol. The number of hydrogen-bond donors (Lipinski definition) is 1. The van der Waals surface area contributed by atoms with Gasteiger partial charge in [0, 0.05) is 36.7 Å². The van der Waals surface area contributed by atoms with Gasteiger partial charge in [0.25, 0.3) is 0 Å². The molecule has 0 radical (unpaired) electrons. The second-order valence-corrected chi connectivity index (χ2v) is 6.58. The van der Waals surface area contributed by atoms with E-state index in [0.29, 0.717) is 19.7 Å². The summed E-state index contributed by atoms with van der Waals surface area (Å²) in [6.45, 7) is 3.95. The second-order valence-electron chi connectivity index (χ2n) is 6.58. The van der Waals surface area contributed by atoms with Crippen LogP contribution >= 0.6 is 0 Å². The SMILES string of the molecule is CCOc1ccc(NC(=O)N2C3CC2CN(c2ccnc(F)c2)C3)cc1. The van der Waals surface area contributed by atoms with E-state index in [2.05, 4.69) is 15.2 Å². The zero-order chi connectivity index (χ0) is 18.1. The van der Waals surface area contributed by atoms with Gasteiger partial charge in [0.15, 0.2) is 0 Å². The third kappa shape index (κ3) is 3.16. The Morgan fingerprint density at radius 1 is 1.27 bits per heavy atom. The van der Waals surface area contributed by atoms with Crippen molar-refractivity contribution in [2.45, 2.75) is 25.4 Å². The van der Waals surface area contributed by atoms with Crippen molar-refractivity contribution in [3.63, 3.8) is 0 Å². The molecular formula is C19H21FN4O2. The van der Waals surface area contributed by atoms with Gasteiger partial charge in [-0.15, -0.1) is 0 Å². The minimum atomic E-state index is -0.480. The summed E-state index contributed by atoms with van der Waals surface area (Å²) in [6, 6.07) is 10.8. The van der Waals surface area contributed by atoms with E-state index in [9.17, 15) is 9.18 Å². The first-order valence-electron chi connectivity index (χ1n) is 8.82. The largest absolute Gasteiger partial charge is 0.494 e. The van der Waals surface area contributed by atoms with Gasteiger partial charge < -0.3 is 19.9 Å². The minimum absolute atomic E-state index is 0.0871. The third-order valence-corrected chi connectivity index (χ3v) is 4.92. The first-order chi connectivity index (χ1) is 12.6. The number of hydrogen-bond acceptors (Lipinski definition) is 4. The van der Waals surface area contributed by atoms with E-state index in [4.69, 9.17) is 4.74 Å². The fourth-order valence-electron chi connectivity index (χ4n) is 3.73. The van der Waals surface area contributed by atoms with Gasteiger partial charge in [-0.2, -0.15) is 4.39 Å². The van der Waals surface area contributed by atoms with Crippen LogP contribution in [0.25, 0.3) is 0 Å². The van der Waals surface area contributed by atoms with Crippen LogP contribution in [0.2, 0.25) is 0 Å². The Kier molecular flexibility index (Phi) is 4.36. The number of fused-ring (bicyclic) bond motifs is 2. The number of carbonyl (C=O) groups excluding carboxylic acids is 1. The summed E-state index contributed by atoms with van der Waals surface area (Å²) >= 11 is 0. The normalized spacial score (nSPS) is 21.2. The summed E-state index contributed by atoms with van der Waals surface area (Å²) in [5.74, 6) is 0.304. The number of piperidine rings is 1. The molecule has 2 bridgehead atoms. The van der Waals surface area contributed by atoms with Crippen molar-refractivity contribution in [3.05, 3.63) is 48.5 Å². The Morgan fingerprint density at radius 2 is 2.00 bits per heavy atom. The van der Waals surface area contributed by atoms with E-state index in [1.807, 2.05) is 36.1 Å². The summed E-state index contributed by atoms with van der Waals surface area (Å²) < 4.78 is 18.7. The molecule has 4 heterocycles. The summed E-state index contributed by atoms with van der Waals surface area (Å²) in [7, 11) is 0. The number of pyridine rings is 1. The van der Waals surface area contributed by atoms with Crippen molar-refractivity contribution in [3.8, 4) is 5.75 Å². The predicted molar refractivity (Wildman–Crippen MR) is 97.1 cm³/mol. The molecule has 7 heteroatoms. The molecule has 3 saturated heterocycles. The summed E-state index contributed by atoms with van der Waals surface area (Å²) in [5.41, 5.74) is 1.57. The fourth-order valence-corrected chi connectivity index (χ4v) is 3.73. The highest BCUT2D eigenvalue weighted by molar-refractivity contribution is 5.90. The van der Waals surface area contributed by atoms with Crippen LogP contribution in [-0.4, -0.2) is 47.7 Å². The molecule has 0 saturated carbocycles. The van der Waals surface area contributed by atoms with Gasteiger partial charge in [-0.05, 0) is 43.7 Å². The number of urea groups is 1. The van der Waals surface area contributed by atoms with Crippen LogP contribution in [0.15, 0.2) is 42.6 Å². The number of nitrogens with zero attached hydrogens (tertiary/aromatic N) is 3. The van der Waals surface area contributed by atoms with Gasteiger partial charge in [0.05, 0.1) is 18.7 Å². The first-order valence-corrected chi connectivity index (χ1v) is 8.82. The lowest BCUT2D eigenvalue weighted by molar-refractivity contribution is 0.0439. The van der Waals surface area contributed by atoms with Crippen molar-refractivity contribution in [2.75, 3.05) is 29.9 Å². The number of anilines is 2. The molecule has 5 rings (SSSR count). The van der Waals surface area contributed by atoms with E-state index >= 15 is 0 Å². The standard InChI is InChI=1S/C19H21FN4O2/c1-2-26-17-5-3-13(4-6-17)22-19(25)24-15-9-16(24)12-23(11-15)14-7-8-21-18(20)10-14/h3-8,10,15-16H,2,9,11-12H2,1H3,(H,22,25). The highest BCUT2D eigenvalue weighted by atomic mass is 19.1. The van der Waals surface area contributed by atoms with Crippen molar-refractivity contribution < 1.29 is 13.9 Å². The lowest BCUT2D eigenvalue weighted by atomic mass is 9.87. The van der Waals surface area contributed by atoms with Crippen LogP contribution in [0.4, 0.5) is 20.6 Å². The molecule has 136 valence electrons. The van der Waals surface area contributed by atoms with Crippen molar-refractivity contribution >= 4 is 17.4 Å². The maximum absolute atomic E-state index is 13.3. The van der Waals surface area contributed by atoms with E-state index in [1.165, 1.54) is 12.3 Å². The van der Waals surface area contributed by atoms with Crippen molar-refractivity contribution in [1.82, 2.24) is 9.88 Å². The van der Waals surface area contributed by atoms with E-state index in [0.717, 1.165) is 23.5 Å². The smallest absolute Gasteiger partial charge is 0.322 e. The monoisotopic (exact) mass is 356 g/mol. The lowest BCUT2D eigenvalue weighted by Crippen LogP contribution is -2.71. The summed E-state index contributed by atoms with van der Waals surface area (Å²) in [4.78, 5) is 20.2. The first kappa shape index (κ1) is 16.6. The van der Waals surface area contributed by atoms with Crippen LogP contribution < -0.4 is 15.0 Å². The molecule has 3 aliphatic rings. The van der Waals surface area contributed by atoms with Gasteiger partial charge >= 0.3 is 6.03 Å². The molecule has 1 aromatic carbocycles. The average molecular weight is 356 g/mol. The quantitative estimate of drug-likeness (QED) is 0.855. The maximum atomic E-state index is 13.3. The topological polar surface area (TPSA) is 57.7 Å². The Morgan fingerprint density at radius 3 is 2.65 bits per heavy atom. The molecule has 6 nitrogen and oxygen atoms in total. The minimum Gasteiger partial charge on any atom is -0.494 e. The van der Waals surface area contributed by atoms with Crippen LogP contribution in [0.3, 0.4) is 0 Å². The highest BCUT2D eigenvalue weighted by Gasteiger charge is 2.47. The predicted octanol–water partition coefficient (Wildman–Crippen LogP) is 3.11. The Labute approximate surface area is 151 Å². The van der Waals surface area contributed by atoms with Crippen LogP contribution in [0, 0.1) is 5.95 Å². The number of amides is 2. The van der Waals surface area contributed by atoms with Crippen molar-refractivity contribution in [1.29, 1.82) is 0 Å². The average Bonchev–Trinajstić information content (AvgIpc) is 2.63. The third-order valence-electron chi connectivity index (χ3n) is 4.92. The number of benzene rings is 1. The zero-order valence-corrected chi connectivity index (χ0v) is 14.6. The molecule has 0 aliphatic carbocycles. The van der Waals surface area contributed by atoms with Gasteiger partial charge in [0.1, 0.15) is 5.75 Å². The van der Waals surface area contributed by atoms with Gasteiger partial charge in [-0.1, -0.05) is 0 Å². The molecule has 3 fully saturated rings. The lowest BCUT2D eigenvalue weighted by Gasteiger charge is -2.56. The van der Waals surface area contributed by atoms with Gasteiger partial charge in [-0.3, -0.25) is 0 Å². The molecule has 2 atom stereocenters. The summed E-state index contributed by atoms with van der Waals surface area (Å²) in [5, 5.41) is 2.95. The number of piperazine rings is 1. The molecule has 2 amide bonds. The van der Waals surface area contributed by atoms with E-state index in [1.54, 1.807) is 6.07 Å². The van der Waals surface area contributed by atoms with E-state index < -0.39 is 5.95 Å². The van der Waals surface area contributed by atoms with Crippen LogP contribution in [-0.2, 0) is 0 Å². The molecule has 26 heavy (non-hydrogen) atoms. The zero-order valence-electron chi connectivity index (χ0n) is 14.6. The molecule has 0 spiro atoms. The number of nitrogens with one attached hydrogen (secondary N) is 1. The molecule has 2 aromatic rings. The van der Waals surface area contributed by atoms with Gasteiger partial charge in [0.2, 0.25) is 5.95 Å². The number of aromatic nitrogens is 1. The van der Waals surface area contributed by atoms with Gasteiger partial charge in [-0.25, -0.2) is 9.78 Å². The van der Waals surface area contributed by atoms with Crippen LogP contribution in [0.5, 0.6) is 5.75 Å². The fraction of sp³-hybridized carbons (Fsp3) is 0.368. The van der Waals surface area contributed by atoms with E-state index in [-0.39, 0.29) is 18.1 Å². The molecule has 1 aromatic heterocycles. The Bertz CT molecular complexity index is 786. The Balaban J connectivity index is 1.37. The number of carbonyl (C=O) groups is 1. The second kappa shape index (κ2) is 6.82. The maximum Gasteiger partial charge on any atom is 0.322 e. The number of rotatable bonds is 4. The molecule has 1 N–H and O–H groups in total. The Hall–Kier alpha value is -2.83. The number of ether oxygens (including phenoxy) is 1. The molecule has 3 aliphatic heterocycles. The van der Waals surface area contributed by atoms with Crippen molar-refractivity contribution in [2.24, 2.45) is 0 Å². The molecule has 2 unspecified atom stereocenters. The highest BCUT2D eigenvalue weighted by Crippen LogP contribution is 2.35. The summed E-state index contributed by atoms with van der Waals surface area (Å²) in [6.07, 6.45) is 2.46. The number of halogens is 1.